The van der Waals surface area contributed by atoms with Gasteiger partial charge in [0.25, 0.3) is 0 Å². The molecular formula is C15H22ClNO2. The Balaban J connectivity index is 1.89. The van der Waals surface area contributed by atoms with Gasteiger partial charge < -0.3 is 9.84 Å². The molecule has 106 valence electrons. The fourth-order valence-electron chi connectivity index (χ4n) is 2.43. The van der Waals surface area contributed by atoms with Gasteiger partial charge in [0.2, 0.25) is 0 Å². The number of hydrogen-bond donors (Lipinski definition) is 1. The SMILES string of the molecule is CC1(C)COCCN1CCC(O)c1ccc(Cl)cc1. The zero-order valence-electron chi connectivity index (χ0n) is 11.6. The van der Waals surface area contributed by atoms with Crippen LogP contribution in [0.3, 0.4) is 0 Å². The maximum atomic E-state index is 10.2. The van der Waals surface area contributed by atoms with Crippen LogP contribution in [0, 0.1) is 0 Å². The van der Waals surface area contributed by atoms with Crippen LogP contribution < -0.4 is 0 Å². The molecule has 1 fully saturated rings. The van der Waals surface area contributed by atoms with Crippen LogP contribution in [-0.2, 0) is 4.74 Å². The molecular weight excluding hydrogens is 262 g/mol. The molecule has 0 radical (unpaired) electrons. The molecule has 1 saturated heterocycles. The zero-order chi connectivity index (χ0) is 13.9. The van der Waals surface area contributed by atoms with E-state index in [1.165, 1.54) is 0 Å². The van der Waals surface area contributed by atoms with E-state index in [4.69, 9.17) is 16.3 Å². The molecule has 0 aliphatic carbocycles. The van der Waals surface area contributed by atoms with E-state index < -0.39 is 6.10 Å². The normalized spacial score (nSPS) is 21.3. The average Bonchev–Trinajstić information content (AvgIpc) is 2.37. The topological polar surface area (TPSA) is 32.7 Å². The molecule has 2 rings (SSSR count). The first-order valence-electron chi connectivity index (χ1n) is 6.75. The van der Waals surface area contributed by atoms with E-state index in [1.807, 2.05) is 24.3 Å². The van der Waals surface area contributed by atoms with Gasteiger partial charge in [-0.1, -0.05) is 23.7 Å². The summed E-state index contributed by atoms with van der Waals surface area (Å²) in [5, 5.41) is 10.9. The van der Waals surface area contributed by atoms with Gasteiger partial charge in [-0.15, -0.1) is 0 Å². The van der Waals surface area contributed by atoms with Gasteiger partial charge in [-0.25, -0.2) is 0 Å². The predicted molar refractivity (Wildman–Crippen MR) is 77.5 cm³/mol. The number of halogens is 1. The van der Waals surface area contributed by atoms with Crippen molar-refractivity contribution in [1.82, 2.24) is 4.90 Å². The van der Waals surface area contributed by atoms with Gasteiger partial charge in [-0.05, 0) is 38.0 Å². The smallest absolute Gasteiger partial charge is 0.0802 e. The molecule has 4 heteroatoms. The lowest BCUT2D eigenvalue weighted by Crippen LogP contribution is -2.53. The van der Waals surface area contributed by atoms with E-state index in [-0.39, 0.29) is 5.54 Å². The summed E-state index contributed by atoms with van der Waals surface area (Å²) in [4.78, 5) is 2.38. The van der Waals surface area contributed by atoms with Crippen molar-refractivity contribution >= 4 is 11.6 Å². The molecule has 0 amide bonds. The Morgan fingerprint density at radius 1 is 1.37 bits per heavy atom. The molecule has 1 aliphatic heterocycles. The summed E-state index contributed by atoms with van der Waals surface area (Å²) in [5.41, 5.74) is 0.980. The maximum Gasteiger partial charge on any atom is 0.0802 e. The minimum atomic E-state index is -0.434. The molecule has 1 aliphatic rings. The molecule has 0 saturated carbocycles. The first-order valence-corrected chi connectivity index (χ1v) is 7.13. The molecule has 1 unspecified atom stereocenters. The summed E-state index contributed by atoms with van der Waals surface area (Å²) < 4.78 is 5.50. The average molecular weight is 284 g/mol. The number of hydrogen-bond acceptors (Lipinski definition) is 3. The van der Waals surface area contributed by atoms with Crippen molar-refractivity contribution in [3.05, 3.63) is 34.9 Å². The van der Waals surface area contributed by atoms with Gasteiger partial charge in [0.05, 0.1) is 19.3 Å². The summed E-state index contributed by atoms with van der Waals surface area (Å²) in [5.74, 6) is 0. The highest BCUT2D eigenvalue weighted by Crippen LogP contribution is 2.23. The second-order valence-electron chi connectivity index (χ2n) is 5.71. The van der Waals surface area contributed by atoms with Crippen LogP contribution in [0.4, 0.5) is 0 Å². The highest BCUT2D eigenvalue weighted by molar-refractivity contribution is 6.30. The Morgan fingerprint density at radius 2 is 2.05 bits per heavy atom. The van der Waals surface area contributed by atoms with E-state index in [0.29, 0.717) is 5.02 Å². The number of aliphatic hydroxyl groups is 1. The number of benzene rings is 1. The molecule has 0 bridgehead atoms. The quantitative estimate of drug-likeness (QED) is 0.922. The van der Waals surface area contributed by atoms with Crippen LogP contribution in [0.15, 0.2) is 24.3 Å². The lowest BCUT2D eigenvalue weighted by atomic mass is 10.0. The van der Waals surface area contributed by atoms with E-state index in [0.717, 1.165) is 38.3 Å². The summed E-state index contributed by atoms with van der Waals surface area (Å²) in [6, 6.07) is 7.41. The van der Waals surface area contributed by atoms with E-state index in [2.05, 4.69) is 18.7 Å². The molecule has 1 aromatic carbocycles. The molecule has 1 aromatic rings. The number of ether oxygens (including phenoxy) is 1. The third kappa shape index (κ3) is 3.93. The third-order valence-corrected chi connectivity index (χ3v) is 4.00. The Bertz CT molecular complexity index is 405. The first kappa shape index (κ1) is 14.8. The Kier molecular flexibility index (Phi) is 4.85. The van der Waals surface area contributed by atoms with Crippen LogP contribution in [0.25, 0.3) is 0 Å². The van der Waals surface area contributed by atoms with Crippen molar-refractivity contribution in [3.63, 3.8) is 0 Å². The highest BCUT2D eigenvalue weighted by atomic mass is 35.5. The molecule has 1 N–H and O–H groups in total. The van der Waals surface area contributed by atoms with Crippen LogP contribution in [0.1, 0.15) is 31.9 Å². The highest BCUT2D eigenvalue weighted by Gasteiger charge is 2.30. The number of morpholine rings is 1. The lowest BCUT2D eigenvalue weighted by molar-refractivity contribution is -0.0552. The standard InChI is InChI=1S/C15H22ClNO2/c1-15(2)11-19-10-9-17(15)8-7-14(18)12-3-5-13(16)6-4-12/h3-6,14,18H,7-11H2,1-2H3. The van der Waals surface area contributed by atoms with E-state index in [1.54, 1.807) is 0 Å². The summed E-state index contributed by atoms with van der Waals surface area (Å²) >= 11 is 5.85. The third-order valence-electron chi connectivity index (χ3n) is 3.74. The summed E-state index contributed by atoms with van der Waals surface area (Å²) in [6.45, 7) is 7.70. The monoisotopic (exact) mass is 283 g/mol. The summed E-state index contributed by atoms with van der Waals surface area (Å²) in [6.07, 6.45) is 0.293. The fourth-order valence-corrected chi connectivity index (χ4v) is 2.56. The molecule has 0 spiro atoms. The van der Waals surface area contributed by atoms with Crippen LogP contribution in [0.2, 0.25) is 5.02 Å². The lowest BCUT2D eigenvalue weighted by Gasteiger charge is -2.42. The fraction of sp³-hybridized carbons (Fsp3) is 0.600. The van der Waals surface area contributed by atoms with Crippen LogP contribution in [-0.4, -0.2) is 41.8 Å². The Morgan fingerprint density at radius 3 is 2.68 bits per heavy atom. The van der Waals surface area contributed by atoms with Crippen LogP contribution in [0.5, 0.6) is 0 Å². The van der Waals surface area contributed by atoms with Crippen molar-refractivity contribution in [2.24, 2.45) is 0 Å². The van der Waals surface area contributed by atoms with Gasteiger partial charge in [-0.3, -0.25) is 4.90 Å². The maximum absolute atomic E-state index is 10.2. The number of aliphatic hydroxyl groups excluding tert-OH is 1. The van der Waals surface area contributed by atoms with Crippen molar-refractivity contribution in [3.8, 4) is 0 Å². The van der Waals surface area contributed by atoms with Gasteiger partial charge in [0.15, 0.2) is 0 Å². The Hall–Kier alpha value is -0.610. The second kappa shape index (κ2) is 6.23. The molecule has 1 atom stereocenters. The minimum absolute atomic E-state index is 0.0535. The Labute approximate surface area is 120 Å². The van der Waals surface area contributed by atoms with Crippen molar-refractivity contribution in [2.75, 3.05) is 26.3 Å². The van der Waals surface area contributed by atoms with Gasteiger partial charge in [-0.2, -0.15) is 0 Å². The number of nitrogens with zero attached hydrogens (tertiary/aromatic N) is 1. The van der Waals surface area contributed by atoms with Crippen molar-refractivity contribution in [2.45, 2.75) is 31.9 Å². The summed E-state index contributed by atoms with van der Waals surface area (Å²) in [7, 11) is 0. The van der Waals surface area contributed by atoms with E-state index >= 15 is 0 Å². The zero-order valence-corrected chi connectivity index (χ0v) is 12.4. The predicted octanol–water partition coefficient (Wildman–Crippen LogP) is 2.87. The van der Waals surface area contributed by atoms with Crippen molar-refractivity contribution < 1.29 is 9.84 Å². The molecule has 3 nitrogen and oxygen atoms in total. The number of rotatable bonds is 4. The van der Waals surface area contributed by atoms with Gasteiger partial charge in [0, 0.05) is 23.7 Å². The molecule has 19 heavy (non-hydrogen) atoms. The van der Waals surface area contributed by atoms with Gasteiger partial charge >= 0.3 is 0 Å². The molecule has 0 aromatic heterocycles. The van der Waals surface area contributed by atoms with E-state index in [9.17, 15) is 5.11 Å². The molecule has 1 heterocycles. The van der Waals surface area contributed by atoms with Gasteiger partial charge in [0.1, 0.15) is 0 Å². The van der Waals surface area contributed by atoms with Crippen LogP contribution >= 0.6 is 11.6 Å². The van der Waals surface area contributed by atoms with Crippen molar-refractivity contribution in [1.29, 1.82) is 0 Å². The minimum Gasteiger partial charge on any atom is -0.388 e. The first-order chi connectivity index (χ1) is 8.99. The largest absolute Gasteiger partial charge is 0.388 e. The second-order valence-corrected chi connectivity index (χ2v) is 6.14.